The van der Waals surface area contributed by atoms with Gasteiger partial charge in [-0.2, -0.15) is 0 Å². The first-order valence-electron chi connectivity index (χ1n) is 8.75. The quantitative estimate of drug-likeness (QED) is 0.581. The maximum Gasteiger partial charge on any atom is 0.353 e. The number of hydrogen-bond acceptors (Lipinski definition) is 7. The molecule has 0 unspecified atom stereocenters. The van der Waals surface area contributed by atoms with Gasteiger partial charge in [0.2, 0.25) is 5.91 Å². The van der Waals surface area contributed by atoms with Crippen LogP contribution in [0.25, 0.3) is 0 Å². The van der Waals surface area contributed by atoms with Crippen molar-refractivity contribution in [1.29, 1.82) is 0 Å². The Labute approximate surface area is 174 Å². The number of aromatic nitrogens is 3. The predicted molar refractivity (Wildman–Crippen MR) is 107 cm³/mol. The zero-order valence-corrected chi connectivity index (χ0v) is 16.9. The van der Waals surface area contributed by atoms with Crippen molar-refractivity contribution in [2.24, 2.45) is 0 Å². The van der Waals surface area contributed by atoms with Crippen LogP contribution in [-0.4, -0.2) is 60.1 Å². The third-order valence-electron chi connectivity index (χ3n) is 4.46. The van der Waals surface area contributed by atoms with Gasteiger partial charge in [0, 0.05) is 10.7 Å². The number of rotatable bonds is 6. The maximum absolute atomic E-state index is 12.7. The van der Waals surface area contributed by atoms with E-state index >= 15 is 0 Å². The van der Waals surface area contributed by atoms with Crippen molar-refractivity contribution in [3.05, 3.63) is 52.3 Å². The molecule has 0 spiro atoms. The van der Waals surface area contributed by atoms with Gasteiger partial charge in [-0.15, -0.1) is 22.0 Å². The summed E-state index contributed by atoms with van der Waals surface area (Å²) in [6.45, 7) is 1.75. The van der Waals surface area contributed by atoms with Crippen molar-refractivity contribution in [2.45, 2.75) is 29.9 Å². The molecule has 2 aliphatic heterocycles. The van der Waals surface area contributed by atoms with Crippen molar-refractivity contribution in [2.75, 3.05) is 5.75 Å². The van der Waals surface area contributed by atoms with Crippen LogP contribution in [0.2, 0.25) is 0 Å². The van der Waals surface area contributed by atoms with E-state index in [-0.39, 0.29) is 18.0 Å². The summed E-state index contributed by atoms with van der Waals surface area (Å²) in [7, 11) is 0. The average Bonchev–Trinajstić information content (AvgIpc) is 3.11. The largest absolute Gasteiger partial charge is 0.477 e. The monoisotopic (exact) mass is 431 g/mol. The van der Waals surface area contributed by atoms with Crippen LogP contribution in [0.3, 0.4) is 0 Å². The zero-order chi connectivity index (χ0) is 20.5. The highest BCUT2D eigenvalue weighted by atomic mass is 32.2. The number of aromatic amines is 1. The summed E-state index contributed by atoms with van der Waals surface area (Å²) in [6.07, 6.45) is 0.162. The second kappa shape index (κ2) is 7.91. The van der Waals surface area contributed by atoms with Crippen LogP contribution >= 0.6 is 23.5 Å². The van der Waals surface area contributed by atoms with Crippen molar-refractivity contribution in [3.63, 3.8) is 0 Å². The molecule has 11 heteroatoms. The molecule has 0 aliphatic carbocycles. The lowest BCUT2D eigenvalue weighted by molar-refractivity contribution is -0.150. The first kappa shape index (κ1) is 19.5. The number of thioether (sulfide) groups is 2. The summed E-state index contributed by atoms with van der Waals surface area (Å²) in [4.78, 5) is 41.5. The lowest BCUT2D eigenvalue weighted by Gasteiger charge is -2.49. The Balaban J connectivity index is 1.47. The minimum Gasteiger partial charge on any atom is -0.477 e. The normalized spacial score (nSPS) is 20.9. The average molecular weight is 431 g/mol. The van der Waals surface area contributed by atoms with Gasteiger partial charge >= 0.3 is 5.97 Å². The number of H-pyrrole nitrogens is 1. The molecule has 0 bridgehead atoms. The highest BCUT2D eigenvalue weighted by molar-refractivity contribution is 8.06. The highest BCUT2D eigenvalue weighted by Crippen LogP contribution is 2.44. The van der Waals surface area contributed by atoms with E-state index in [0.29, 0.717) is 21.6 Å². The predicted octanol–water partition coefficient (Wildman–Crippen LogP) is 1.14. The molecule has 150 valence electrons. The van der Waals surface area contributed by atoms with Gasteiger partial charge in [0.25, 0.3) is 5.91 Å². The second-order valence-electron chi connectivity index (χ2n) is 6.51. The van der Waals surface area contributed by atoms with E-state index in [9.17, 15) is 19.5 Å². The molecule has 29 heavy (non-hydrogen) atoms. The summed E-state index contributed by atoms with van der Waals surface area (Å²) >= 11 is 2.56. The van der Waals surface area contributed by atoms with Gasteiger partial charge in [-0.1, -0.05) is 42.1 Å². The number of amides is 2. The van der Waals surface area contributed by atoms with E-state index in [1.807, 2.05) is 30.3 Å². The Hall–Kier alpha value is -2.79. The molecule has 1 aromatic carbocycles. The Morgan fingerprint density at radius 3 is 2.76 bits per heavy atom. The summed E-state index contributed by atoms with van der Waals surface area (Å²) in [5.41, 5.74) is 0.781. The van der Waals surface area contributed by atoms with Gasteiger partial charge in [-0.3, -0.25) is 14.5 Å². The molecule has 1 aromatic heterocycles. The van der Waals surface area contributed by atoms with Gasteiger partial charge in [0.1, 0.15) is 22.9 Å². The second-order valence-corrected chi connectivity index (χ2v) is 8.70. The van der Waals surface area contributed by atoms with Gasteiger partial charge in [0.15, 0.2) is 5.16 Å². The summed E-state index contributed by atoms with van der Waals surface area (Å²) in [6, 6.07) is 8.49. The first-order valence-corrected chi connectivity index (χ1v) is 10.6. The number of fused-ring (bicyclic) bond motifs is 1. The number of nitrogens with one attached hydrogen (secondary N) is 2. The molecule has 2 aliphatic rings. The van der Waals surface area contributed by atoms with Gasteiger partial charge in [-0.25, -0.2) is 4.79 Å². The zero-order valence-electron chi connectivity index (χ0n) is 15.3. The Bertz CT molecular complexity index is 1010. The molecular weight excluding hydrogens is 414 g/mol. The van der Waals surface area contributed by atoms with Crippen LogP contribution in [0.1, 0.15) is 11.4 Å². The summed E-state index contributed by atoms with van der Waals surface area (Å²) in [5.74, 6) is -0.865. The molecule has 1 fully saturated rings. The minimum absolute atomic E-state index is 0.0636. The molecule has 4 rings (SSSR count). The standard InChI is InChI=1S/C18H17N5O4S2/c1-9-19-18(22-21-9)29-11-8-28-16-13(15(25)23(16)14(11)17(26)27)20-12(24)7-10-5-3-2-4-6-10/h2-6,13,16H,7-8H2,1H3,(H,20,24)(H,26,27)(H,19,21,22)/t13-,16+/m1/s1. The highest BCUT2D eigenvalue weighted by Gasteiger charge is 2.54. The van der Waals surface area contributed by atoms with E-state index in [0.717, 1.165) is 17.3 Å². The molecule has 1 saturated heterocycles. The number of nitrogens with zero attached hydrogens (tertiary/aromatic N) is 3. The van der Waals surface area contributed by atoms with Crippen LogP contribution in [0.15, 0.2) is 46.1 Å². The third kappa shape index (κ3) is 3.87. The lowest BCUT2D eigenvalue weighted by atomic mass is 10.0. The number of carboxylic acids is 1. The first-order chi connectivity index (χ1) is 13.9. The number of carboxylic acid groups (broad SMARTS) is 1. The van der Waals surface area contributed by atoms with E-state index in [2.05, 4.69) is 20.5 Å². The van der Waals surface area contributed by atoms with Crippen LogP contribution in [-0.2, 0) is 20.8 Å². The van der Waals surface area contributed by atoms with Crippen LogP contribution in [0, 0.1) is 6.92 Å². The molecule has 0 saturated carbocycles. The Morgan fingerprint density at radius 1 is 1.34 bits per heavy atom. The SMILES string of the molecule is Cc1nnc(SC2=C(C(=O)O)N3C(=O)[C@@H](NC(=O)Cc4ccccc4)[C@@H]3SC2)[nH]1. The van der Waals surface area contributed by atoms with Crippen LogP contribution < -0.4 is 5.32 Å². The van der Waals surface area contributed by atoms with Gasteiger partial charge < -0.3 is 15.4 Å². The molecule has 2 amide bonds. The topological polar surface area (TPSA) is 128 Å². The number of hydrogen-bond donors (Lipinski definition) is 3. The summed E-state index contributed by atoms with van der Waals surface area (Å²) < 4.78 is 0. The number of carbonyl (C=O) groups excluding carboxylic acids is 2. The molecule has 3 heterocycles. The Kier molecular flexibility index (Phi) is 5.33. The van der Waals surface area contributed by atoms with Crippen molar-refractivity contribution >= 4 is 41.3 Å². The van der Waals surface area contributed by atoms with E-state index in [1.54, 1.807) is 6.92 Å². The van der Waals surface area contributed by atoms with Crippen LogP contribution in [0.4, 0.5) is 0 Å². The van der Waals surface area contributed by atoms with E-state index < -0.39 is 23.3 Å². The fraction of sp³-hybridized carbons (Fsp3) is 0.278. The molecule has 2 aromatic rings. The van der Waals surface area contributed by atoms with E-state index in [4.69, 9.17) is 0 Å². The van der Waals surface area contributed by atoms with Crippen molar-refractivity contribution < 1.29 is 19.5 Å². The molecular formula is C18H17N5O4S2. The number of aryl methyl sites for hydroxylation is 1. The fourth-order valence-electron chi connectivity index (χ4n) is 3.16. The van der Waals surface area contributed by atoms with Gasteiger partial charge in [0.05, 0.1) is 6.42 Å². The molecule has 3 N–H and O–H groups in total. The maximum atomic E-state index is 12.7. The molecule has 0 radical (unpaired) electrons. The van der Waals surface area contributed by atoms with Crippen molar-refractivity contribution in [1.82, 2.24) is 25.4 Å². The smallest absolute Gasteiger partial charge is 0.353 e. The number of β-lactam (4-membered cyclic amide) rings is 1. The lowest BCUT2D eigenvalue weighted by Crippen LogP contribution is -2.70. The van der Waals surface area contributed by atoms with Crippen LogP contribution in [0.5, 0.6) is 0 Å². The number of aliphatic carboxylic acids is 1. The minimum atomic E-state index is -1.18. The molecule has 2 atom stereocenters. The number of benzene rings is 1. The fourth-order valence-corrected chi connectivity index (χ4v) is 5.59. The summed E-state index contributed by atoms with van der Waals surface area (Å²) in [5, 5.41) is 20.3. The van der Waals surface area contributed by atoms with Gasteiger partial charge in [-0.05, 0) is 12.5 Å². The van der Waals surface area contributed by atoms with Crippen molar-refractivity contribution in [3.8, 4) is 0 Å². The molecule has 9 nitrogen and oxygen atoms in total. The third-order valence-corrected chi connectivity index (χ3v) is 6.88. The van der Waals surface area contributed by atoms with E-state index in [1.165, 1.54) is 16.7 Å². The number of carbonyl (C=O) groups is 3. The Morgan fingerprint density at radius 2 is 2.10 bits per heavy atom.